The van der Waals surface area contributed by atoms with E-state index in [1.807, 2.05) is 0 Å². The van der Waals surface area contributed by atoms with E-state index in [9.17, 15) is 31.9 Å². The minimum atomic E-state index is -4.66. The number of rotatable bonds is 8. The van der Waals surface area contributed by atoms with Crippen molar-refractivity contribution in [3.8, 4) is 11.3 Å². The van der Waals surface area contributed by atoms with Crippen LogP contribution in [0.3, 0.4) is 0 Å². The number of esters is 1. The summed E-state index contributed by atoms with van der Waals surface area (Å²) in [6.45, 7) is 5.32. The van der Waals surface area contributed by atoms with Gasteiger partial charge in [0.15, 0.2) is 5.65 Å². The smallest absolute Gasteiger partial charge is 0.417 e. The molecule has 15 heteroatoms. The number of halogens is 5. The topological polar surface area (TPSA) is 133 Å². The van der Waals surface area contributed by atoms with Gasteiger partial charge in [-0.3, -0.25) is 19.4 Å². The molecule has 10 nitrogen and oxygen atoms in total. The quantitative estimate of drug-likeness (QED) is 0.156. The lowest BCUT2D eigenvalue weighted by Crippen LogP contribution is -2.45. The number of carbonyl (C=O) groups excluding carboxylic acids is 3. The van der Waals surface area contributed by atoms with E-state index in [1.165, 1.54) is 15.8 Å². The number of nitrogens with two attached hydrogens (primary N) is 1. The fourth-order valence-electron chi connectivity index (χ4n) is 5.14. The van der Waals surface area contributed by atoms with Crippen molar-refractivity contribution in [1.29, 1.82) is 0 Å². The maximum absolute atomic E-state index is 14.7. The predicted molar refractivity (Wildman–Crippen MR) is 154 cm³/mol. The van der Waals surface area contributed by atoms with Crippen LogP contribution in [0.15, 0.2) is 42.7 Å². The average molecular weight is 647 g/mol. The first-order chi connectivity index (χ1) is 21.0. The van der Waals surface area contributed by atoms with Gasteiger partial charge in [-0.05, 0) is 50.5 Å². The number of fused-ring (bicyclic) bond motifs is 2. The lowest BCUT2D eigenvalue weighted by atomic mass is 10.1. The van der Waals surface area contributed by atoms with E-state index in [1.54, 1.807) is 39.0 Å². The monoisotopic (exact) mass is 646 g/mol. The third kappa shape index (κ3) is 6.75. The van der Waals surface area contributed by atoms with Crippen molar-refractivity contribution < 1.29 is 36.7 Å². The number of benzene rings is 1. The van der Waals surface area contributed by atoms with Gasteiger partial charge in [-0.1, -0.05) is 23.7 Å². The summed E-state index contributed by atoms with van der Waals surface area (Å²) in [6, 6.07) is 5.70. The summed E-state index contributed by atoms with van der Waals surface area (Å²) in [5.74, 6) is -2.61. The maximum atomic E-state index is 14.7. The fourth-order valence-corrected chi connectivity index (χ4v) is 5.41. The lowest BCUT2D eigenvalue weighted by molar-refractivity contribution is -0.155. The summed E-state index contributed by atoms with van der Waals surface area (Å²) in [6.07, 6.45) is -2.77. The van der Waals surface area contributed by atoms with E-state index in [0.29, 0.717) is 34.3 Å². The van der Waals surface area contributed by atoms with Crippen LogP contribution >= 0.6 is 11.6 Å². The number of primary amides is 1. The largest absolute Gasteiger partial charge is 0.460 e. The van der Waals surface area contributed by atoms with E-state index in [2.05, 4.69) is 15.1 Å². The second-order valence-corrected chi connectivity index (χ2v) is 12.0. The molecule has 2 amide bonds. The second kappa shape index (κ2) is 11.7. The molecule has 0 bridgehead atoms. The Labute approximate surface area is 259 Å². The average Bonchev–Trinajstić information content (AvgIpc) is 3.47. The first-order valence-corrected chi connectivity index (χ1v) is 14.1. The van der Waals surface area contributed by atoms with Gasteiger partial charge in [0.2, 0.25) is 11.9 Å². The summed E-state index contributed by atoms with van der Waals surface area (Å²) in [7, 11) is 0. The number of aromatic nitrogens is 4. The van der Waals surface area contributed by atoms with Crippen LogP contribution in [-0.2, 0) is 33.6 Å². The molecule has 1 aromatic carbocycles. The van der Waals surface area contributed by atoms with Gasteiger partial charge in [0.25, 0.3) is 5.91 Å². The Morgan fingerprint density at radius 2 is 1.84 bits per heavy atom. The Morgan fingerprint density at radius 3 is 2.49 bits per heavy atom. The number of hydrogen-bond donors (Lipinski definition) is 1. The Bertz CT molecular complexity index is 1840. The molecule has 0 spiro atoms. The van der Waals surface area contributed by atoms with Gasteiger partial charge in [-0.25, -0.2) is 4.68 Å². The van der Waals surface area contributed by atoms with Gasteiger partial charge < -0.3 is 15.4 Å². The number of amides is 2. The van der Waals surface area contributed by atoms with E-state index >= 15 is 0 Å². The number of hydrogen-bond acceptors (Lipinski definition) is 7. The van der Waals surface area contributed by atoms with Crippen molar-refractivity contribution in [3.63, 3.8) is 0 Å². The predicted octanol–water partition coefficient (Wildman–Crippen LogP) is 5.28. The first-order valence-electron chi connectivity index (χ1n) is 13.7. The van der Waals surface area contributed by atoms with Crippen molar-refractivity contribution in [2.24, 2.45) is 5.73 Å². The Morgan fingerprint density at radius 1 is 1.11 bits per heavy atom. The van der Waals surface area contributed by atoms with Crippen LogP contribution in [0.25, 0.3) is 22.3 Å². The molecule has 0 saturated carbocycles. The highest BCUT2D eigenvalue weighted by Crippen LogP contribution is 2.36. The Kier molecular flexibility index (Phi) is 8.29. The normalized spacial score (nSPS) is 14.1. The summed E-state index contributed by atoms with van der Waals surface area (Å²) in [4.78, 5) is 46.8. The minimum Gasteiger partial charge on any atom is -0.460 e. The van der Waals surface area contributed by atoms with E-state index < -0.39 is 47.1 Å². The first kappa shape index (κ1) is 31.8. The highest BCUT2D eigenvalue weighted by atomic mass is 35.5. The highest BCUT2D eigenvalue weighted by molar-refractivity contribution is 6.33. The minimum absolute atomic E-state index is 0.00647. The van der Waals surface area contributed by atoms with E-state index in [0.717, 1.165) is 6.07 Å². The molecule has 0 saturated heterocycles. The fraction of sp³-hybridized carbons (Fsp3) is 0.333. The van der Waals surface area contributed by atoms with Gasteiger partial charge in [0, 0.05) is 41.7 Å². The molecule has 2 N–H and O–H groups in total. The maximum Gasteiger partial charge on any atom is 0.417 e. The number of alkyl halides is 3. The summed E-state index contributed by atoms with van der Waals surface area (Å²) >= 11 is 6.12. The van der Waals surface area contributed by atoms with Crippen molar-refractivity contribution in [1.82, 2.24) is 24.6 Å². The Balaban J connectivity index is 1.38. The summed E-state index contributed by atoms with van der Waals surface area (Å²) in [5.41, 5.74) is 5.63. The van der Waals surface area contributed by atoms with Gasteiger partial charge in [-0.2, -0.15) is 27.6 Å². The molecule has 45 heavy (non-hydrogen) atoms. The SMILES string of the molecule is CC(C)(C)OC(=O)CC[C@@H](C(N)=O)N1Cc2cc(Cn3ncc4c(-c5ncc(C(F)(F)F)cc5Cl)cc(F)nc43)ccc2C1=O. The lowest BCUT2D eigenvalue weighted by Gasteiger charge is -2.25. The van der Waals surface area contributed by atoms with Gasteiger partial charge in [0.1, 0.15) is 11.6 Å². The molecule has 0 fully saturated rings. The van der Waals surface area contributed by atoms with Crippen LogP contribution in [-0.4, -0.2) is 54.1 Å². The molecule has 1 aliphatic heterocycles. The number of pyridine rings is 2. The van der Waals surface area contributed by atoms with Crippen LogP contribution in [0.5, 0.6) is 0 Å². The van der Waals surface area contributed by atoms with Crippen LogP contribution in [0.4, 0.5) is 17.6 Å². The van der Waals surface area contributed by atoms with Crippen LogP contribution in [0.2, 0.25) is 5.02 Å². The molecule has 1 aliphatic rings. The molecule has 4 heterocycles. The second-order valence-electron chi connectivity index (χ2n) is 11.6. The zero-order valence-electron chi connectivity index (χ0n) is 24.3. The van der Waals surface area contributed by atoms with Gasteiger partial charge in [0.05, 0.1) is 29.0 Å². The zero-order valence-corrected chi connectivity index (χ0v) is 25.0. The van der Waals surface area contributed by atoms with Crippen LogP contribution in [0.1, 0.15) is 60.7 Å². The van der Waals surface area contributed by atoms with E-state index in [4.69, 9.17) is 22.1 Å². The highest BCUT2D eigenvalue weighted by Gasteiger charge is 2.36. The molecule has 0 unspecified atom stereocenters. The van der Waals surface area contributed by atoms with E-state index in [-0.39, 0.29) is 47.9 Å². The Hall–Kier alpha value is -4.59. The van der Waals surface area contributed by atoms with Gasteiger partial charge >= 0.3 is 12.1 Å². The van der Waals surface area contributed by atoms with Gasteiger partial charge in [-0.15, -0.1) is 0 Å². The number of nitrogens with zero attached hydrogens (tertiary/aromatic N) is 5. The third-order valence-corrected chi connectivity index (χ3v) is 7.37. The molecule has 3 aromatic heterocycles. The number of carbonyl (C=O) groups is 3. The number of ether oxygens (including phenoxy) is 1. The molecular formula is C30H27ClF4N6O4. The molecule has 0 radical (unpaired) electrons. The molecule has 0 aliphatic carbocycles. The van der Waals surface area contributed by atoms with Crippen molar-refractivity contribution in [2.75, 3.05) is 0 Å². The molecule has 1 atom stereocenters. The van der Waals surface area contributed by atoms with Crippen molar-refractivity contribution in [3.05, 3.63) is 75.9 Å². The van der Waals surface area contributed by atoms with Crippen molar-refractivity contribution in [2.45, 2.75) is 64.5 Å². The zero-order chi connectivity index (χ0) is 32.8. The molecule has 4 aromatic rings. The summed E-state index contributed by atoms with van der Waals surface area (Å²) < 4.78 is 60.7. The molecular weight excluding hydrogens is 620 g/mol. The molecule has 236 valence electrons. The standard InChI is InChI=1S/C30H27ClF4N6O4/c1-29(2,3)45-24(42)7-6-22(26(36)43)40-14-16-8-15(4-5-18(16)28(40)44)13-41-27-20(12-38-41)19(10-23(32)39-27)25-21(31)9-17(11-37-25)30(33,34)35/h4-5,8-12,22H,6-7,13-14H2,1-3H3,(H2,36,43)/t22-/m0/s1. The van der Waals surface area contributed by atoms with Crippen LogP contribution in [0, 0.1) is 5.95 Å². The van der Waals surface area contributed by atoms with Crippen LogP contribution < -0.4 is 5.73 Å². The molecule has 5 rings (SSSR count). The third-order valence-electron chi connectivity index (χ3n) is 7.08. The summed E-state index contributed by atoms with van der Waals surface area (Å²) in [5, 5.41) is 4.29. The van der Waals surface area contributed by atoms with Crippen molar-refractivity contribution >= 4 is 40.4 Å².